The Kier molecular flexibility index (Phi) is 10.2. The van der Waals surface area contributed by atoms with Gasteiger partial charge in [-0.2, -0.15) is 0 Å². The molecule has 0 rings (SSSR count). The summed E-state index contributed by atoms with van der Waals surface area (Å²) in [6.45, 7) is 3.88. The first kappa shape index (κ1) is 17.9. The Morgan fingerprint density at radius 1 is 1.37 bits per heavy atom. The molecule has 0 fully saturated rings. The summed E-state index contributed by atoms with van der Waals surface area (Å²) in [4.78, 5) is 21.7. The number of carbonyl (C=O) groups is 2. The molecule has 7 heteroatoms. The van der Waals surface area contributed by atoms with Crippen molar-refractivity contribution in [2.24, 2.45) is 0 Å². The number of thioether (sulfide) groups is 1. The van der Waals surface area contributed by atoms with Gasteiger partial charge >= 0.3 is 11.9 Å². The van der Waals surface area contributed by atoms with Gasteiger partial charge in [0.05, 0.1) is 19.0 Å². The van der Waals surface area contributed by atoms with Crippen molar-refractivity contribution >= 4 is 40.3 Å². The van der Waals surface area contributed by atoms with E-state index in [4.69, 9.17) is 21.7 Å². The zero-order valence-electron chi connectivity index (χ0n) is 11.2. The largest absolute Gasteiger partial charge is 0.479 e. The molecule has 1 unspecified atom stereocenters. The van der Waals surface area contributed by atoms with E-state index < -0.39 is 5.97 Å². The van der Waals surface area contributed by atoms with E-state index in [1.54, 1.807) is 6.08 Å². The van der Waals surface area contributed by atoms with Crippen LogP contribution in [0.15, 0.2) is 12.2 Å². The number of ether oxygens (including phenoxy) is 3. The summed E-state index contributed by atoms with van der Waals surface area (Å²) in [6, 6.07) is 0. The lowest BCUT2D eigenvalue weighted by molar-refractivity contribution is -0.141. The van der Waals surface area contributed by atoms with E-state index in [0.29, 0.717) is 17.4 Å². The van der Waals surface area contributed by atoms with Crippen molar-refractivity contribution in [1.82, 2.24) is 0 Å². The molecule has 1 atom stereocenters. The number of methoxy groups -OCH3 is 1. The van der Waals surface area contributed by atoms with Crippen molar-refractivity contribution in [3.63, 3.8) is 0 Å². The molecule has 0 aliphatic heterocycles. The Morgan fingerprint density at radius 3 is 2.58 bits per heavy atom. The maximum Gasteiger partial charge on any atom is 0.330 e. The van der Waals surface area contributed by atoms with Crippen LogP contribution >= 0.6 is 24.0 Å². The highest BCUT2D eigenvalue weighted by Gasteiger charge is 2.13. The second-order valence-corrected chi connectivity index (χ2v) is 5.29. The van der Waals surface area contributed by atoms with E-state index in [-0.39, 0.29) is 17.8 Å². The standard InChI is InChI=1S/C12H18O5S2/c1-4-16-12(18)19-10(8-17-9(2)13)6-5-7-11(14)15-3/h5,7,10H,4,6,8H2,1-3H3/b7-5-. The Morgan fingerprint density at radius 2 is 2.05 bits per heavy atom. The van der Waals surface area contributed by atoms with E-state index >= 15 is 0 Å². The van der Waals surface area contributed by atoms with Crippen LogP contribution in [0.4, 0.5) is 0 Å². The molecule has 0 aliphatic rings. The van der Waals surface area contributed by atoms with Crippen LogP contribution < -0.4 is 0 Å². The van der Waals surface area contributed by atoms with Gasteiger partial charge in [0.2, 0.25) is 4.38 Å². The highest BCUT2D eigenvalue weighted by atomic mass is 32.2. The lowest BCUT2D eigenvalue weighted by Gasteiger charge is -2.14. The van der Waals surface area contributed by atoms with Crippen LogP contribution in [-0.4, -0.2) is 41.9 Å². The molecule has 0 aliphatic carbocycles. The first-order chi connectivity index (χ1) is 8.99. The molecule has 0 aromatic rings. The number of hydrogen-bond donors (Lipinski definition) is 0. The van der Waals surface area contributed by atoms with Gasteiger partial charge in [0.25, 0.3) is 0 Å². The lowest BCUT2D eigenvalue weighted by Crippen LogP contribution is -2.16. The number of esters is 2. The Labute approximate surface area is 122 Å². The Bertz CT molecular complexity index is 341. The highest BCUT2D eigenvalue weighted by Crippen LogP contribution is 2.19. The van der Waals surface area contributed by atoms with Crippen molar-refractivity contribution in [1.29, 1.82) is 0 Å². The minimum Gasteiger partial charge on any atom is -0.479 e. The summed E-state index contributed by atoms with van der Waals surface area (Å²) >= 11 is 6.32. The molecule has 0 aromatic heterocycles. The summed E-state index contributed by atoms with van der Waals surface area (Å²) < 4.78 is 15.0. The molecule has 5 nitrogen and oxygen atoms in total. The van der Waals surface area contributed by atoms with Gasteiger partial charge in [-0.05, 0) is 25.6 Å². The molecule has 0 saturated carbocycles. The molecule has 19 heavy (non-hydrogen) atoms. The molecule has 0 heterocycles. The van der Waals surface area contributed by atoms with E-state index in [9.17, 15) is 9.59 Å². The second kappa shape index (κ2) is 10.8. The predicted octanol–water partition coefficient (Wildman–Crippen LogP) is 2.09. The predicted molar refractivity (Wildman–Crippen MR) is 78.0 cm³/mol. The normalized spacial score (nSPS) is 11.9. The average molecular weight is 306 g/mol. The summed E-state index contributed by atoms with van der Waals surface area (Å²) in [5.41, 5.74) is 0. The van der Waals surface area contributed by atoms with Gasteiger partial charge in [0, 0.05) is 13.0 Å². The number of allylic oxidation sites excluding steroid dienone is 1. The fourth-order valence-electron chi connectivity index (χ4n) is 1.03. The van der Waals surface area contributed by atoms with E-state index in [1.807, 2.05) is 6.92 Å². The zero-order valence-corrected chi connectivity index (χ0v) is 12.8. The molecule has 0 bridgehead atoms. The fraction of sp³-hybridized carbons (Fsp3) is 0.583. The van der Waals surface area contributed by atoms with Crippen molar-refractivity contribution in [2.75, 3.05) is 20.3 Å². The fourth-order valence-corrected chi connectivity index (χ4v) is 2.36. The first-order valence-corrected chi connectivity index (χ1v) is 6.99. The monoisotopic (exact) mass is 306 g/mol. The topological polar surface area (TPSA) is 61.8 Å². The van der Waals surface area contributed by atoms with E-state index in [2.05, 4.69) is 4.74 Å². The SMILES string of the molecule is CCOC(=S)SC(C/C=C\C(=O)OC)COC(C)=O. The van der Waals surface area contributed by atoms with Gasteiger partial charge in [-0.15, -0.1) is 0 Å². The molecular formula is C12H18O5S2. The third-order valence-electron chi connectivity index (χ3n) is 1.85. The molecule has 0 aromatic carbocycles. The molecule has 0 spiro atoms. The molecule has 0 amide bonds. The van der Waals surface area contributed by atoms with Crippen LogP contribution in [0.3, 0.4) is 0 Å². The summed E-state index contributed by atoms with van der Waals surface area (Å²) in [5, 5.41) is -0.0937. The second-order valence-electron chi connectivity index (χ2n) is 3.39. The maximum absolute atomic E-state index is 10.9. The summed E-state index contributed by atoms with van der Waals surface area (Å²) in [5.74, 6) is -0.784. The van der Waals surface area contributed by atoms with Gasteiger partial charge in [0.1, 0.15) is 6.61 Å². The van der Waals surface area contributed by atoms with Gasteiger partial charge in [0.15, 0.2) is 0 Å². The molecule has 108 valence electrons. The number of rotatable bonds is 7. The van der Waals surface area contributed by atoms with Crippen molar-refractivity contribution < 1.29 is 23.8 Å². The number of hydrogen-bond acceptors (Lipinski definition) is 7. The molecule has 0 radical (unpaired) electrons. The maximum atomic E-state index is 10.9. The van der Waals surface area contributed by atoms with Crippen LogP contribution in [-0.2, 0) is 23.8 Å². The average Bonchev–Trinajstić information content (AvgIpc) is 2.35. The van der Waals surface area contributed by atoms with E-state index in [1.165, 1.54) is 31.9 Å². The third kappa shape index (κ3) is 10.5. The van der Waals surface area contributed by atoms with Crippen LogP contribution in [0.25, 0.3) is 0 Å². The van der Waals surface area contributed by atoms with Crippen LogP contribution in [0.2, 0.25) is 0 Å². The van der Waals surface area contributed by atoms with Crippen LogP contribution in [0.5, 0.6) is 0 Å². The lowest BCUT2D eigenvalue weighted by atomic mass is 10.3. The molecule has 0 N–H and O–H groups in total. The number of carbonyl (C=O) groups excluding carboxylic acids is 2. The minimum absolute atomic E-state index is 0.0937. The first-order valence-electron chi connectivity index (χ1n) is 5.70. The van der Waals surface area contributed by atoms with Gasteiger partial charge in [-0.1, -0.05) is 17.8 Å². The van der Waals surface area contributed by atoms with Crippen molar-refractivity contribution in [3.05, 3.63) is 12.2 Å². The van der Waals surface area contributed by atoms with E-state index in [0.717, 1.165) is 0 Å². The van der Waals surface area contributed by atoms with Gasteiger partial charge < -0.3 is 14.2 Å². The van der Waals surface area contributed by atoms with Crippen LogP contribution in [0.1, 0.15) is 20.3 Å². The highest BCUT2D eigenvalue weighted by molar-refractivity contribution is 8.23. The quantitative estimate of drug-likeness (QED) is 0.405. The summed E-state index contributed by atoms with van der Waals surface area (Å²) in [6.07, 6.45) is 3.49. The van der Waals surface area contributed by atoms with Crippen LogP contribution in [0, 0.1) is 0 Å². The third-order valence-corrected chi connectivity index (χ3v) is 3.23. The van der Waals surface area contributed by atoms with Crippen molar-refractivity contribution in [2.45, 2.75) is 25.5 Å². The minimum atomic E-state index is -0.427. The van der Waals surface area contributed by atoms with Gasteiger partial charge in [-0.25, -0.2) is 4.79 Å². The molecular weight excluding hydrogens is 288 g/mol. The van der Waals surface area contributed by atoms with Crippen molar-refractivity contribution in [3.8, 4) is 0 Å². The smallest absolute Gasteiger partial charge is 0.330 e. The number of thiocarbonyl (C=S) groups is 1. The summed E-state index contributed by atoms with van der Waals surface area (Å²) in [7, 11) is 1.31. The molecule has 0 saturated heterocycles. The zero-order chi connectivity index (χ0) is 14.7. The Balaban J connectivity index is 4.31. The van der Waals surface area contributed by atoms with Gasteiger partial charge in [-0.3, -0.25) is 4.79 Å². The Hall–Kier alpha value is -1.08.